The monoisotopic (exact) mass is 418 g/mol. The Hall–Kier alpha value is -3.92. The average Bonchev–Trinajstić information content (AvgIpc) is 3.44. The van der Waals surface area contributed by atoms with Gasteiger partial charge >= 0.3 is 0 Å². The maximum absolute atomic E-state index is 4.96. The lowest BCUT2D eigenvalue weighted by Crippen LogP contribution is -1.79. The van der Waals surface area contributed by atoms with Gasteiger partial charge < -0.3 is 9.97 Å². The van der Waals surface area contributed by atoms with Crippen LogP contribution in [-0.4, -0.2) is 19.9 Å². The maximum Gasteiger partial charge on any atom is 0.0733 e. The molecule has 0 atom stereocenters. The Morgan fingerprint density at radius 2 is 1.50 bits per heavy atom. The molecule has 8 bridgehead atoms. The summed E-state index contributed by atoms with van der Waals surface area (Å²) in [6.07, 6.45) is 5.90. The van der Waals surface area contributed by atoms with Crippen molar-refractivity contribution in [3.8, 4) is 0 Å². The zero-order valence-corrected chi connectivity index (χ0v) is 18.9. The number of aryl methyl sites for hydroxylation is 2. The molecule has 3 aromatic rings. The molecule has 4 heteroatoms. The van der Waals surface area contributed by atoms with Crippen LogP contribution in [0.2, 0.25) is 0 Å². The van der Waals surface area contributed by atoms with E-state index in [2.05, 4.69) is 87.2 Å². The fourth-order valence-electron chi connectivity index (χ4n) is 4.46. The van der Waals surface area contributed by atoms with E-state index in [4.69, 9.17) is 9.97 Å². The topological polar surface area (TPSA) is 57.4 Å². The summed E-state index contributed by atoms with van der Waals surface area (Å²) in [5.41, 5.74) is 14.5. The molecule has 0 saturated heterocycles. The van der Waals surface area contributed by atoms with Gasteiger partial charge in [0.05, 0.1) is 22.8 Å². The minimum Gasteiger partial charge on any atom is -0.355 e. The van der Waals surface area contributed by atoms with Gasteiger partial charge in [0.15, 0.2) is 0 Å². The summed E-state index contributed by atoms with van der Waals surface area (Å²) in [6, 6.07) is 10.5. The van der Waals surface area contributed by atoms with Crippen molar-refractivity contribution < 1.29 is 0 Å². The fourth-order valence-corrected chi connectivity index (χ4v) is 4.46. The number of rotatable bonds is 2. The number of H-pyrrole nitrogens is 2. The van der Waals surface area contributed by atoms with Gasteiger partial charge in [0.25, 0.3) is 0 Å². The SMILES string of the molecule is C=CC1=C(C)c2cc3[nH]c(cc4nc(cc5[nH]c(cc1n2)c(C)c5C=C)C(C)=C4)cc3C. The zero-order chi connectivity index (χ0) is 22.6. The van der Waals surface area contributed by atoms with E-state index in [9.17, 15) is 0 Å². The molecule has 3 aromatic heterocycles. The molecule has 0 amide bonds. The van der Waals surface area contributed by atoms with E-state index in [-0.39, 0.29) is 0 Å². The van der Waals surface area contributed by atoms with Crippen molar-refractivity contribution in [1.82, 2.24) is 19.9 Å². The molecule has 0 fully saturated rings. The number of nitrogens with one attached hydrogen (secondary N) is 2. The number of hydrogen-bond donors (Lipinski definition) is 2. The van der Waals surface area contributed by atoms with Crippen molar-refractivity contribution in [1.29, 1.82) is 0 Å². The number of allylic oxidation sites excluding steroid dienone is 4. The lowest BCUT2D eigenvalue weighted by atomic mass is 10.1. The molecular formula is C28H26N4. The van der Waals surface area contributed by atoms with Crippen molar-refractivity contribution in [2.75, 3.05) is 0 Å². The summed E-state index contributed by atoms with van der Waals surface area (Å²) in [7, 11) is 0. The first kappa shape index (κ1) is 20.0. The van der Waals surface area contributed by atoms with Crippen LogP contribution >= 0.6 is 0 Å². The van der Waals surface area contributed by atoms with Gasteiger partial charge in [-0.15, -0.1) is 0 Å². The summed E-state index contributed by atoms with van der Waals surface area (Å²) in [5, 5.41) is 0. The highest BCUT2D eigenvalue weighted by Crippen LogP contribution is 2.32. The van der Waals surface area contributed by atoms with Gasteiger partial charge in [-0.3, -0.25) is 0 Å². The van der Waals surface area contributed by atoms with Crippen LogP contribution in [0.3, 0.4) is 0 Å². The highest BCUT2D eigenvalue weighted by molar-refractivity contribution is 5.97. The Kier molecular flexibility index (Phi) is 4.59. The summed E-state index contributed by atoms with van der Waals surface area (Å²) < 4.78 is 0. The summed E-state index contributed by atoms with van der Waals surface area (Å²) in [6.45, 7) is 16.5. The standard InChI is InChI=1S/C28H26N4/c1-7-21-18(6)26-14-28-22(8-2)17(5)25(31-28)12-23-15(3)9-19(29-23)11-20-10-16(4)24(30-20)13-27(21)32-26/h7-14,29,32H,1-2H2,3-6H3. The van der Waals surface area contributed by atoms with E-state index in [0.717, 1.165) is 72.7 Å². The molecule has 5 heterocycles. The second-order valence-electron chi connectivity index (χ2n) is 8.47. The van der Waals surface area contributed by atoms with Crippen LogP contribution in [0, 0.1) is 13.8 Å². The zero-order valence-electron chi connectivity index (χ0n) is 18.9. The molecule has 0 saturated carbocycles. The summed E-state index contributed by atoms with van der Waals surface area (Å²) in [5.74, 6) is 0. The van der Waals surface area contributed by atoms with Crippen LogP contribution in [0.5, 0.6) is 0 Å². The Morgan fingerprint density at radius 1 is 0.750 bits per heavy atom. The summed E-state index contributed by atoms with van der Waals surface area (Å²) in [4.78, 5) is 16.9. The van der Waals surface area contributed by atoms with Gasteiger partial charge in [0.2, 0.25) is 0 Å². The van der Waals surface area contributed by atoms with E-state index < -0.39 is 0 Å². The van der Waals surface area contributed by atoms with Gasteiger partial charge in [-0.2, -0.15) is 0 Å². The molecule has 0 unspecified atom stereocenters. The number of nitrogens with zero attached hydrogens (tertiary/aromatic N) is 2. The predicted molar refractivity (Wildman–Crippen MR) is 137 cm³/mol. The largest absolute Gasteiger partial charge is 0.355 e. The normalized spacial score (nSPS) is 13.3. The lowest BCUT2D eigenvalue weighted by molar-refractivity contribution is 1.29. The van der Waals surface area contributed by atoms with E-state index in [0.29, 0.717) is 0 Å². The van der Waals surface area contributed by atoms with Crippen LogP contribution in [0.25, 0.3) is 50.9 Å². The van der Waals surface area contributed by atoms with Crippen LogP contribution in [0.15, 0.2) is 49.6 Å². The van der Waals surface area contributed by atoms with Crippen LogP contribution in [-0.2, 0) is 0 Å². The average molecular weight is 419 g/mol. The molecule has 2 N–H and O–H groups in total. The Labute approximate surface area is 187 Å². The molecule has 158 valence electrons. The molecule has 4 nitrogen and oxygen atoms in total. The van der Waals surface area contributed by atoms with Gasteiger partial charge in [0, 0.05) is 33.2 Å². The van der Waals surface area contributed by atoms with E-state index >= 15 is 0 Å². The Balaban J connectivity index is 1.97. The van der Waals surface area contributed by atoms with Crippen molar-refractivity contribution in [2.24, 2.45) is 0 Å². The molecule has 0 aromatic carbocycles. The molecule has 32 heavy (non-hydrogen) atoms. The molecule has 0 spiro atoms. The molecular weight excluding hydrogens is 392 g/mol. The highest BCUT2D eigenvalue weighted by atomic mass is 14.8. The molecule has 2 aliphatic heterocycles. The molecule has 5 rings (SSSR count). The van der Waals surface area contributed by atoms with Crippen LogP contribution in [0.1, 0.15) is 53.3 Å². The Morgan fingerprint density at radius 3 is 2.25 bits per heavy atom. The van der Waals surface area contributed by atoms with Crippen molar-refractivity contribution in [2.45, 2.75) is 27.7 Å². The quantitative estimate of drug-likeness (QED) is 0.460. The lowest BCUT2D eigenvalue weighted by Gasteiger charge is -1.96. The van der Waals surface area contributed by atoms with E-state index in [1.54, 1.807) is 0 Å². The van der Waals surface area contributed by atoms with E-state index in [1.165, 1.54) is 5.56 Å². The van der Waals surface area contributed by atoms with E-state index in [1.807, 2.05) is 12.2 Å². The number of hydrogen-bond acceptors (Lipinski definition) is 2. The smallest absolute Gasteiger partial charge is 0.0733 e. The van der Waals surface area contributed by atoms with Crippen molar-refractivity contribution >= 4 is 50.9 Å². The first-order valence-electron chi connectivity index (χ1n) is 10.8. The van der Waals surface area contributed by atoms with Gasteiger partial charge in [-0.1, -0.05) is 25.3 Å². The maximum atomic E-state index is 4.96. The molecule has 0 radical (unpaired) electrons. The third-order valence-corrected chi connectivity index (χ3v) is 6.32. The molecule has 0 aliphatic carbocycles. The second kappa shape index (κ2) is 7.34. The second-order valence-corrected chi connectivity index (χ2v) is 8.47. The van der Waals surface area contributed by atoms with Crippen LogP contribution < -0.4 is 0 Å². The summed E-state index contributed by atoms with van der Waals surface area (Å²) >= 11 is 0. The van der Waals surface area contributed by atoms with Crippen molar-refractivity contribution in [3.63, 3.8) is 0 Å². The van der Waals surface area contributed by atoms with Gasteiger partial charge in [0.1, 0.15) is 0 Å². The minimum absolute atomic E-state index is 0.906. The first-order chi connectivity index (χ1) is 15.4. The fraction of sp³-hybridized carbons (Fsp3) is 0.143. The number of aromatic amines is 2. The first-order valence-corrected chi connectivity index (χ1v) is 10.8. The van der Waals surface area contributed by atoms with Crippen LogP contribution in [0.4, 0.5) is 0 Å². The third kappa shape index (κ3) is 3.16. The Bertz CT molecular complexity index is 1540. The third-order valence-electron chi connectivity index (χ3n) is 6.32. The van der Waals surface area contributed by atoms with Gasteiger partial charge in [-0.05, 0) is 86.4 Å². The van der Waals surface area contributed by atoms with Crippen molar-refractivity contribution in [3.05, 3.63) is 89.0 Å². The minimum atomic E-state index is 0.906. The highest BCUT2D eigenvalue weighted by Gasteiger charge is 2.15. The predicted octanol–water partition coefficient (Wildman–Crippen LogP) is 7.25. The number of aromatic nitrogens is 4. The molecule has 2 aliphatic rings. The number of fused-ring (bicyclic) bond motifs is 8. The van der Waals surface area contributed by atoms with Gasteiger partial charge in [-0.25, -0.2) is 9.97 Å².